The predicted molar refractivity (Wildman–Crippen MR) is 74.1 cm³/mol. The molecule has 0 atom stereocenters. The predicted octanol–water partition coefficient (Wildman–Crippen LogP) is 5.85. The molecule has 0 saturated carbocycles. The standard InChI is InChI=1S/C6H5N.C4H10O.4ClH.W/c7-6-4-2-1-3-5-6;1-3-5-4-2;;;;;/h1-5H;3-4H2,1-2H3;4*1H;/q;;;;;;+4/p-4. The fraction of sp³-hybridized carbons (Fsp3) is 0.400. The van der Waals surface area contributed by atoms with E-state index in [-0.39, 0.29) is 0 Å². The second kappa shape index (κ2) is 8.09. The van der Waals surface area contributed by atoms with Crippen LogP contribution in [0.25, 0.3) is 0 Å². The van der Waals surface area contributed by atoms with Gasteiger partial charge in [0, 0.05) is 13.2 Å². The number of hydrogen-bond donors (Lipinski definition) is 0. The zero-order chi connectivity index (χ0) is 13.4. The topological polar surface area (TPSA) is 21.6 Å². The minimum atomic E-state index is -4.65. The van der Waals surface area contributed by atoms with Crippen molar-refractivity contribution >= 4 is 43.4 Å². The van der Waals surface area contributed by atoms with Gasteiger partial charge in [0.1, 0.15) is 0 Å². The Morgan fingerprint density at radius 3 is 1.76 bits per heavy atom. The van der Waals surface area contributed by atoms with E-state index in [9.17, 15) is 0 Å². The van der Waals surface area contributed by atoms with Gasteiger partial charge in [-0.15, -0.1) is 0 Å². The maximum atomic E-state index is 5.66. The van der Waals surface area contributed by atoms with E-state index < -0.39 is 10.5 Å². The Bertz CT molecular complexity index is 365. The summed E-state index contributed by atoms with van der Waals surface area (Å²) in [6, 6.07) is 8.95. The van der Waals surface area contributed by atoms with Crippen molar-refractivity contribution in [3.63, 3.8) is 0 Å². The van der Waals surface area contributed by atoms with E-state index in [1.54, 1.807) is 24.3 Å². The van der Waals surface area contributed by atoms with Crippen molar-refractivity contribution in [1.82, 2.24) is 0 Å². The van der Waals surface area contributed by atoms with E-state index in [0.29, 0.717) is 5.69 Å². The summed E-state index contributed by atoms with van der Waals surface area (Å²) in [5.41, 5.74) is 0.609. The molecule has 1 aromatic rings. The number of halogens is 4. The van der Waals surface area contributed by atoms with Crippen LogP contribution in [0.1, 0.15) is 13.8 Å². The normalized spacial score (nSPS) is 12.9. The van der Waals surface area contributed by atoms with E-state index in [0.717, 1.165) is 13.2 Å². The Morgan fingerprint density at radius 2 is 1.47 bits per heavy atom. The summed E-state index contributed by atoms with van der Waals surface area (Å²) in [5.74, 6) is 0. The number of rotatable bonds is 3. The molecule has 0 fully saturated rings. The molecule has 0 heterocycles. The summed E-state index contributed by atoms with van der Waals surface area (Å²) < 4.78 is 8.73. The van der Waals surface area contributed by atoms with Crippen molar-refractivity contribution in [2.75, 3.05) is 13.2 Å². The monoisotopic (exact) mass is 489 g/mol. The first-order valence-corrected chi connectivity index (χ1v) is 20.8. The van der Waals surface area contributed by atoms with Gasteiger partial charge >= 0.3 is 87.6 Å². The summed E-state index contributed by atoms with van der Waals surface area (Å²) in [5, 5.41) is 0. The second-order valence-electron chi connectivity index (χ2n) is 2.83. The molecule has 0 saturated heterocycles. The van der Waals surface area contributed by atoms with Crippen LogP contribution in [-0.2, 0) is 15.2 Å². The van der Waals surface area contributed by atoms with Gasteiger partial charge in [0.25, 0.3) is 0 Å². The SMILES string of the molecule is CCOCC.[Cl][W]([Cl])([Cl])([Cl])=[N]c1ccccc1. The summed E-state index contributed by atoms with van der Waals surface area (Å²) in [6.45, 7) is 5.67. The number of benzene rings is 1. The Kier molecular flexibility index (Phi) is 8.48. The van der Waals surface area contributed by atoms with Gasteiger partial charge in [-0.2, -0.15) is 0 Å². The number of nitrogens with zero attached hydrogens (tertiary/aromatic N) is 1. The van der Waals surface area contributed by atoms with E-state index in [1.165, 1.54) is 0 Å². The van der Waals surface area contributed by atoms with Crippen molar-refractivity contribution in [2.24, 2.45) is 3.50 Å². The van der Waals surface area contributed by atoms with Crippen LogP contribution < -0.4 is 0 Å². The first kappa shape index (κ1) is 17.8. The molecule has 2 nitrogen and oxygen atoms in total. The van der Waals surface area contributed by atoms with E-state index in [2.05, 4.69) is 3.50 Å². The van der Waals surface area contributed by atoms with Gasteiger partial charge in [-0.3, -0.25) is 0 Å². The maximum absolute atomic E-state index is 5.66. The molecule has 0 aliphatic rings. The van der Waals surface area contributed by atoms with Crippen molar-refractivity contribution in [1.29, 1.82) is 0 Å². The Morgan fingerprint density at radius 1 is 1.00 bits per heavy atom. The average Bonchev–Trinajstić information content (AvgIpc) is 2.17. The van der Waals surface area contributed by atoms with Crippen LogP contribution in [0.15, 0.2) is 33.8 Å². The Balaban J connectivity index is 0.000000437. The van der Waals surface area contributed by atoms with Crippen molar-refractivity contribution < 1.29 is 15.2 Å². The molecule has 0 aliphatic heterocycles. The molecule has 0 unspecified atom stereocenters. The third-order valence-electron chi connectivity index (χ3n) is 1.41. The van der Waals surface area contributed by atoms with Crippen LogP contribution in [0, 0.1) is 0 Å². The summed E-state index contributed by atoms with van der Waals surface area (Å²) >= 11 is 0. The van der Waals surface area contributed by atoms with Gasteiger partial charge in [-0.25, -0.2) is 0 Å². The zero-order valence-corrected chi connectivity index (χ0v) is 15.5. The molecule has 1 rings (SSSR count). The average molecular weight is 491 g/mol. The molecule has 0 aliphatic carbocycles. The zero-order valence-electron chi connectivity index (χ0n) is 9.58. The van der Waals surface area contributed by atoms with Crippen LogP contribution in [-0.4, -0.2) is 13.2 Å². The third-order valence-corrected chi connectivity index (χ3v) is 5.42. The first-order chi connectivity index (χ1) is 7.74. The van der Waals surface area contributed by atoms with E-state index >= 15 is 0 Å². The molecule has 0 spiro atoms. The van der Waals surface area contributed by atoms with Crippen LogP contribution in [0.4, 0.5) is 5.69 Å². The van der Waals surface area contributed by atoms with E-state index in [4.69, 9.17) is 42.4 Å². The minimum absolute atomic E-state index is 0.609. The van der Waals surface area contributed by atoms with Gasteiger partial charge in [-0.1, -0.05) is 0 Å². The first-order valence-electron chi connectivity index (χ1n) is 4.93. The van der Waals surface area contributed by atoms with Crippen LogP contribution in [0.5, 0.6) is 0 Å². The summed E-state index contributed by atoms with van der Waals surface area (Å²) in [6.07, 6.45) is 0. The van der Waals surface area contributed by atoms with E-state index in [1.807, 2.05) is 19.9 Å². The van der Waals surface area contributed by atoms with Gasteiger partial charge in [0.05, 0.1) is 0 Å². The van der Waals surface area contributed by atoms with Crippen molar-refractivity contribution in [2.45, 2.75) is 13.8 Å². The molecule has 0 N–H and O–H groups in total. The third kappa shape index (κ3) is 13.1. The molecule has 17 heavy (non-hydrogen) atoms. The molecule has 0 amide bonds. The summed E-state index contributed by atoms with van der Waals surface area (Å²) in [4.78, 5) is 0. The van der Waals surface area contributed by atoms with Gasteiger partial charge < -0.3 is 4.74 Å². The molecule has 0 bridgehead atoms. The molecular formula is C10H15Cl4NOW. The van der Waals surface area contributed by atoms with Gasteiger partial charge in [0.15, 0.2) is 0 Å². The second-order valence-corrected chi connectivity index (χ2v) is 35.4. The molecule has 0 radical (unpaired) electrons. The molecular weight excluding hydrogens is 476 g/mol. The Labute approximate surface area is 119 Å². The van der Waals surface area contributed by atoms with Gasteiger partial charge in [-0.05, 0) is 13.8 Å². The fourth-order valence-corrected chi connectivity index (χ4v) is 5.04. The quantitative estimate of drug-likeness (QED) is 0.521. The van der Waals surface area contributed by atoms with Crippen LogP contribution >= 0.6 is 37.7 Å². The van der Waals surface area contributed by atoms with Gasteiger partial charge in [0.2, 0.25) is 0 Å². The van der Waals surface area contributed by atoms with Crippen molar-refractivity contribution in [3.8, 4) is 0 Å². The van der Waals surface area contributed by atoms with Crippen molar-refractivity contribution in [3.05, 3.63) is 30.3 Å². The molecule has 7 heteroatoms. The molecule has 100 valence electrons. The fourth-order valence-electron chi connectivity index (χ4n) is 0.852. The van der Waals surface area contributed by atoms with Crippen LogP contribution in [0.2, 0.25) is 0 Å². The Hall–Kier alpha value is 0.828. The molecule has 1 aromatic carbocycles. The molecule has 0 aromatic heterocycles. The summed E-state index contributed by atoms with van der Waals surface area (Å²) in [7, 11) is 18.0. The number of hydrogen-bond acceptors (Lipinski definition) is 2. The van der Waals surface area contributed by atoms with Crippen LogP contribution in [0.3, 0.4) is 0 Å². The number of ether oxygens (including phenoxy) is 1.